The molecular weight excluding hydrogens is 226 g/mol. The Kier molecular flexibility index (Phi) is 6.88. The molecule has 98 valence electrons. The zero-order valence-corrected chi connectivity index (χ0v) is 10.0. The van der Waals surface area contributed by atoms with Crippen LogP contribution in [0.1, 0.15) is 26.7 Å². The summed E-state index contributed by atoms with van der Waals surface area (Å²) in [7, 11) is 0. The molecule has 0 saturated carbocycles. The van der Waals surface area contributed by atoms with E-state index >= 15 is 0 Å². The minimum absolute atomic E-state index is 0.268. The number of nitrogens with two attached hydrogens (primary N) is 1. The van der Waals surface area contributed by atoms with Gasteiger partial charge in [0.05, 0.1) is 12.6 Å². The molecule has 0 aromatic heterocycles. The molecular formula is C10H19N3O4. The summed E-state index contributed by atoms with van der Waals surface area (Å²) in [6, 6.07) is -1.58. The fraction of sp³-hybridized carbons (Fsp3) is 0.700. The Balaban J connectivity index is 4.03. The standard InChI is InChI=1S/C10H19N3O4/c1-3-6(11)9(15)12-5-8(14)13-7(4-2)10(16)17/h6-7H,3-5,11H2,1-2H3,(H,12,15)(H,13,14)(H,16,17)/t6-,7+/m1/s1. The van der Waals surface area contributed by atoms with Gasteiger partial charge in [0.1, 0.15) is 6.04 Å². The van der Waals surface area contributed by atoms with Gasteiger partial charge in [-0.1, -0.05) is 13.8 Å². The molecule has 0 aromatic rings. The summed E-state index contributed by atoms with van der Waals surface area (Å²) in [4.78, 5) is 33.2. The van der Waals surface area contributed by atoms with Crippen molar-refractivity contribution in [3.63, 3.8) is 0 Å². The average Bonchev–Trinajstić information content (AvgIpc) is 2.31. The summed E-state index contributed by atoms with van der Waals surface area (Å²) in [6.45, 7) is 3.13. The summed E-state index contributed by atoms with van der Waals surface area (Å²) in [5.74, 6) is -2.07. The van der Waals surface area contributed by atoms with E-state index in [1.165, 1.54) is 0 Å². The Morgan fingerprint density at radius 1 is 1.24 bits per heavy atom. The average molecular weight is 245 g/mol. The first kappa shape index (κ1) is 15.4. The summed E-state index contributed by atoms with van der Waals surface area (Å²) >= 11 is 0. The van der Waals surface area contributed by atoms with Gasteiger partial charge in [-0.3, -0.25) is 9.59 Å². The van der Waals surface area contributed by atoms with E-state index in [1.807, 2.05) is 0 Å². The highest BCUT2D eigenvalue weighted by molar-refractivity contribution is 5.89. The van der Waals surface area contributed by atoms with Crippen molar-refractivity contribution in [2.24, 2.45) is 5.73 Å². The zero-order valence-electron chi connectivity index (χ0n) is 10.0. The molecule has 0 unspecified atom stereocenters. The predicted molar refractivity (Wildman–Crippen MR) is 61.1 cm³/mol. The van der Waals surface area contributed by atoms with Gasteiger partial charge in [0.2, 0.25) is 11.8 Å². The summed E-state index contributed by atoms with van der Waals surface area (Å²) < 4.78 is 0. The van der Waals surface area contributed by atoms with E-state index < -0.39 is 29.9 Å². The number of nitrogens with one attached hydrogen (secondary N) is 2. The lowest BCUT2D eigenvalue weighted by Gasteiger charge is -2.13. The quantitative estimate of drug-likeness (QED) is 0.450. The van der Waals surface area contributed by atoms with Crippen molar-refractivity contribution in [2.45, 2.75) is 38.8 Å². The van der Waals surface area contributed by atoms with Gasteiger partial charge in [-0.25, -0.2) is 4.79 Å². The minimum Gasteiger partial charge on any atom is -0.480 e. The Morgan fingerprint density at radius 3 is 2.24 bits per heavy atom. The largest absolute Gasteiger partial charge is 0.480 e. The van der Waals surface area contributed by atoms with E-state index in [0.29, 0.717) is 6.42 Å². The van der Waals surface area contributed by atoms with Crippen LogP contribution in [0.15, 0.2) is 0 Å². The zero-order chi connectivity index (χ0) is 13.4. The molecule has 0 aromatic carbocycles. The van der Waals surface area contributed by atoms with Crippen LogP contribution in [0.25, 0.3) is 0 Å². The predicted octanol–water partition coefficient (Wildman–Crippen LogP) is -1.18. The van der Waals surface area contributed by atoms with Gasteiger partial charge in [-0.15, -0.1) is 0 Å². The van der Waals surface area contributed by atoms with Crippen molar-refractivity contribution >= 4 is 17.8 Å². The first-order valence-corrected chi connectivity index (χ1v) is 5.47. The van der Waals surface area contributed by atoms with Crippen LogP contribution in [-0.2, 0) is 14.4 Å². The van der Waals surface area contributed by atoms with E-state index in [1.54, 1.807) is 13.8 Å². The van der Waals surface area contributed by atoms with E-state index in [0.717, 1.165) is 0 Å². The lowest BCUT2D eigenvalue weighted by molar-refractivity contribution is -0.141. The number of rotatable bonds is 7. The summed E-state index contributed by atoms with van der Waals surface area (Å²) in [6.07, 6.45) is 0.754. The molecule has 5 N–H and O–H groups in total. The molecule has 7 nitrogen and oxygen atoms in total. The molecule has 0 bridgehead atoms. The van der Waals surface area contributed by atoms with Gasteiger partial charge in [0.15, 0.2) is 0 Å². The van der Waals surface area contributed by atoms with Crippen LogP contribution in [0.3, 0.4) is 0 Å². The van der Waals surface area contributed by atoms with Crippen LogP contribution < -0.4 is 16.4 Å². The van der Waals surface area contributed by atoms with Crippen molar-refractivity contribution in [1.82, 2.24) is 10.6 Å². The number of carbonyl (C=O) groups is 3. The monoisotopic (exact) mass is 245 g/mol. The maximum Gasteiger partial charge on any atom is 0.326 e. The van der Waals surface area contributed by atoms with Gasteiger partial charge in [-0.05, 0) is 12.8 Å². The third-order valence-corrected chi connectivity index (χ3v) is 2.24. The van der Waals surface area contributed by atoms with Crippen molar-refractivity contribution < 1.29 is 19.5 Å². The number of carboxylic acid groups (broad SMARTS) is 1. The second-order valence-corrected chi connectivity index (χ2v) is 3.60. The Morgan fingerprint density at radius 2 is 1.82 bits per heavy atom. The van der Waals surface area contributed by atoms with E-state index in [9.17, 15) is 14.4 Å². The highest BCUT2D eigenvalue weighted by atomic mass is 16.4. The molecule has 2 atom stereocenters. The topological polar surface area (TPSA) is 122 Å². The smallest absolute Gasteiger partial charge is 0.326 e. The van der Waals surface area contributed by atoms with Crippen LogP contribution in [0.4, 0.5) is 0 Å². The molecule has 0 aliphatic carbocycles. The van der Waals surface area contributed by atoms with Crippen LogP contribution in [0.5, 0.6) is 0 Å². The molecule has 0 radical (unpaired) electrons. The summed E-state index contributed by atoms with van der Waals surface area (Å²) in [5, 5.41) is 13.3. The van der Waals surface area contributed by atoms with Crippen molar-refractivity contribution in [1.29, 1.82) is 0 Å². The number of carbonyl (C=O) groups excluding carboxylic acids is 2. The molecule has 7 heteroatoms. The fourth-order valence-corrected chi connectivity index (χ4v) is 1.07. The molecule has 0 aliphatic rings. The highest BCUT2D eigenvalue weighted by Gasteiger charge is 2.18. The number of hydrogen-bond donors (Lipinski definition) is 4. The molecule has 0 spiro atoms. The second-order valence-electron chi connectivity index (χ2n) is 3.60. The van der Waals surface area contributed by atoms with E-state index in [4.69, 9.17) is 10.8 Å². The van der Waals surface area contributed by atoms with Gasteiger partial charge in [-0.2, -0.15) is 0 Å². The van der Waals surface area contributed by atoms with Crippen LogP contribution in [-0.4, -0.2) is 41.5 Å². The molecule has 17 heavy (non-hydrogen) atoms. The van der Waals surface area contributed by atoms with Crippen LogP contribution >= 0.6 is 0 Å². The van der Waals surface area contributed by atoms with Crippen molar-refractivity contribution in [3.8, 4) is 0 Å². The van der Waals surface area contributed by atoms with Crippen molar-refractivity contribution in [2.75, 3.05) is 6.54 Å². The van der Waals surface area contributed by atoms with E-state index in [-0.39, 0.29) is 13.0 Å². The molecule has 0 aliphatic heterocycles. The third kappa shape index (κ3) is 5.86. The number of hydrogen-bond acceptors (Lipinski definition) is 4. The molecule has 0 saturated heterocycles. The van der Waals surface area contributed by atoms with Gasteiger partial charge >= 0.3 is 5.97 Å². The second kappa shape index (κ2) is 7.61. The molecule has 0 heterocycles. The fourth-order valence-electron chi connectivity index (χ4n) is 1.07. The number of aliphatic carboxylic acids is 1. The van der Waals surface area contributed by atoms with Gasteiger partial charge < -0.3 is 21.5 Å². The van der Waals surface area contributed by atoms with Crippen molar-refractivity contribution in [3.05, 3.63) is 0 Å². The SMILES string of the molecule is CC[C@@H](N)C(=O)NCC(=O)N[C@@H](CC)C(=O)O. The Hall–Kier alpha value is -1.63. The maximum absolute atomic E-state index is 11.3. The molecule has 0 fully saturated rings. The van der Waals surface area contributed by atoms with Crippen LogP contribution in [0, 0.1) is 0 Å². The Labute approximate surface area is 99.7 Å². The number of amides is 2. The Bertz CT molecular complexity index is 293. The first-order chi connectivity index (χ1) is 7.92. The maximum atomic E-state index is 11.3. The molecule has 0 rings (SSSR count). The van der Waals surface area contributed by atoms with Gasteiger partial charge in [0, 0.05) is 0 Å². The summed E-state index contributed by atoms with van der Waals surface area (Å²) in [5.41, 5.74) is 5.44. The normalized spacial score (nSPS) is 13.6. The lowest BCUT2D eigenvalue weighted by atomic mass is 10.2. The lowest BCUT2D eigenvalue weighted by Crippen LogP contribution is -2.48. The third-order valence-electron chi connectivity index (χ3n) is 2.24. The highest BCUT2D eigenvalue weighted by Crippen LogP contribution is 1.90. The van der Waals surface area contributed by atoms with E-state index in [2.05, 4.69) is 10.6 Å². The molecule has 2 amide bonds. The number of carboxylic acids is 1. The van der Waals surface area contributed by atoms with Crippen LogP contribution in [0.2, 0.25) is 0 Å². The first-order valence-electron chi connectivity index (χ1n) is 5.47. The minimum atomic E-state index is -1.10. The van der Waals surface area contributed by atoms with Gasteiger partial charge in [0.25, 0.3) is 0 Å².